The number of carboxylic acid groups (broad SMARTS) is 1. The van der Waals surface area contributed by atoms with Crippen molar-refractivity contribution in [1.82, 2.24) is 0 Å². The van der Waals surface area contributed by atoms with Crippen molar-refractivity contribution in [3.63, 3.8) is 0 Å². The fraction of sp³-hybridized carbons (Fsp3) is 0.500. The van der Waals surface area contributed by atoms with Gasteiger partial charge in [-0.05, 0) is 42.9 Å². The van der Waals surface area contributed by atoms with Gasteiger partial charge in [0, 0.05) is 0 Å². The van der Waals surface area contributed by atoms with Crippen LogP contribution >= 0.6 is 0 Å². The predicted octanol–water partition coefficient (Wildman–Crippen LogP) is 1.82. The first-order valence-electron chi connectivity index (χ1n) is 6.28. The third-order valence-electron chi connectivity index (χ3n) is 3.33. The minimum Gasteiger partial charge on any atom is -0.490 e. The molecule has 1 atom stereocenters. The minimum absolute atomic E-state index is 0.340. The average molecular weight is 249 g/mol. The Morgan fingerprint density at radius 3 is 2.56 bits per heavy atom. The standard InChI is InChI=1S/C14H19NO3/c1-9-6-12(7-9)18-11-4-2-10(3-5-11)8-13(15)14(16)17/h2-5,9,12-13H,6-8,15H2,1H3,(H,16,17). The molecule has 0 amide bonds. The summed E-state index contributed by atoms with van der Waals surface area (Å²) >= 11 is 0. The van der Waals surface area contributed by atoms with Gasteiger partial charge in [0.1, 0.15) is 11.8 Å². The van der Waals surface area contributed by atoms with Gasteiger partial charge in [0.15, 0.2) is 0 Å². The molecule has 4 heteroatoms. The van der Waals surface area contributed by atoms with Crippen LogP contribution in [0, 0.1) is 5.92 Å². The molecule has 98 valence electrons. The summed E-state index contributed by atoms with van der Waals surface area (Å²) in [6, 6.07) is 6.67. The van der Waals surface area contributed by atoms with E-state index < -0.39 is 12.0 Å². The maximum Gasteiger partial charge on any atom is 0.320 e. The number of hydrogen-bond donors (Lipinski definition) is 2. The van der Waals surface area contributed by atoms with Crippen molar-refractivity contribution in [1.29, 1.82) is 0 Å². The first-order chi connectivity index (χ1) is 8.54. The summed E-state index contributed by atoms with van der Waals surface area (Å²) in [5.41, 5.74) is 6.40. The summed E-state index contributed by atoms with van der Waals surface area (Å²) < 4.78 is 5.78. The molecule has 2 rings (SSSR count). The van der Waals surface area contributed by atoms with E-state index in [0.717, 1.165) is 30.1 Å². The lowest BCUT2D eigenvalue weighted by atomic mass is 9.84. The van der Waals surface area contributed by atoms with E-state index in [-0.39, 0.29) is 0 Å². The highest BCUT2D eigenvalue weighted by Gasteiger charge is 2.26. The first-order valence-corrected chi connectivity index (χ1v) is 6.28. The van der Waals surface area contributed by atoms with E-state index in [1.165, 1.54) is 0 Å². The van der Waals surface area contributed by atoms with Crippen LogP contribution in [0.25, 0.3) is 0 Å². The van der Waals surface area contributed by atoms with Crippen LogP contribution in [-0.2, 0) is 11.2 Å². The molecule has 1 aliphatic carbocycles. The highest BCUT2D eigenvalue weighted by molar-refractivity contribution is 5.73. The Hall–Kier alpha value is -1.55. The van der Waals surface area contributed by atoms with Gasteiger partial charge in [0.25, 0.3) is 0 Å². The second kappa shape index (κ2) is 5.40. The van der Waals surface area contributed by atoms with Gasteiger partial charge >= 0.3 is 5.97 Å². The van der Waals surface area contributed by atoms with E-state index >= 15 is 0 Å². The molecule has 3 N–H and O–H groups in total. The van der Waals surface area contributed by atoms with Crippen molar-refractivity contribution in [3.05, 3.63) is 29.8 Å². The van der Waals surface area contributed by atoms with Gasteiger partial charge in [-0.15, -0.1) is 0 Å². The largest absolute Gasteiger partial charge is 0.490 e. The van der Waals surface area contributed by atoms with Gasteiger partial charge in [-0.25, -0.2) is 0 Å². The summed E-state index contributed by atoms with van der Waals surface area (Å²) in [5, 5.41) is 8.73. The SMILES string of the molecule is CC1CC(Oc2ccc(CC(N)C(=O)O)cc2)C1. The fourth-order valence-electron chi connectivity index (χ4n) is 2.16. The summed E-state index contributed by atoms with van der Waals surface area (Å²) in [7, 11) is 0. The number of hydrogen-bond acceptors (Lipinski definition) is 3. The molecular formula is C14H19NO3. The van der Waals surface area contributed by atoms with Gasteiger partial charge in [0.2, 0.25) is 0 Å². The summed E-state index contributed by atoms with van der Waals surface area (Å²) in [6.07, 6.45) is 2.92. The van der Waals surface area contributed by atoms with Crippen LogP contribution in [0.1, 0.15) is 25.3 Å². The van der Waals surface area contributed by atoms with Crippen molar-refractivity contribution in [2.24, 2.45) is 11.7 Å². The van der Waals surface area contributed by atoms with Crippen molar-refractivity contribution in [2.75, 3.05) is 0 Å². The second-order valence-corrected chi connectivity index (χ2v) is 5.11. The van der Waals surface area contributed by atoms with Gasteiger partial charge in [0.05, 0.1) is 6.10 Å². The average Bonchev–Trinajstić information content (AvgIpc) is 2.29. The Morgan fingerprint density at radius 2 is 2.06 bits per heavy atom. The van der Waals surface area contributed by atoms with Crippen LogP contribution in [0.5, 0.6) is 5.75 Å². The van der Waals surface area contributed by atoms with Crippen molar-refractivity contribution in [3.8, 4) is 5.75 Å². The summed E-state index contributed by atoms with van der Waals surface area (Å²) in [6.45, 7) is 2.22. The van der Waals surface area contributed by atoms with Crippen molar-refractivity contribution < 1.29 is 14.6 Å². The number of benzene rings is 1. The molecule has 0 radical (unpaired) electrons. The van der Waals surface area contributed by atoms with Crippen LogP contribution < -0.4 is 10.5 Å². The van der Waals surface area contributed by atoms with Crippen LogP contribution in [0.15, 0.2) is 24.3 Å². The highest BCUT2D eigenvalue weighted by Crippen LogP contribution is 2.30. The molecule has 1 aromatic carbocycles. The molecule has 1 saturated carbocycles. The van der Waals surface area contributed by atoms with E-state index in [1.54, 1.807) is 0 Å². The Labute approximate surface area is 107 Å². The number of nitrogens with two attached hydrogens (primary N) is 1. The quantitative estimate of drug-likeness (QED) is 0.835. The summed E-state index contributed by atoms with van der Waals surface area (Å²) in [5.74, 6) is 0.640. The van der Waals surface area contributed by atoms with Crippen molar-refractivity contribution >= 4 is 5.97 Å². The second-order valence-electron chi connectivity index (χ2n) is 5.11. The zero-order valence-corrected chi connectivity index (χ0v) is 10.5. The zero-order chi connectivity index (χ0) is 13.1. The molecule has 0 bridgehead atoms. The molecule has 0 spiro atoms. The predicted molar refractivity (Wildman–Crippen MR) is 68.6 cm³/mol. The Kier molecular flexibility index (Phi) is 3.87. The molecule has 0 heterocycles. The van der Waals surface area contributed by atoms with Crippen LogP contribution in [0.2, 0.25) is 0 Å². The molecule has 1 unspecified atom stereocenters. The van der Waals surface area contributed by atoms with Gasteiger partial charge in [-0.2, -0.15) is 0 Å². The monoisotopic (exact) mass is 249 g/mol. The Balaban J connectivity index is 1.87. The molecule has 0 saturated heterocycles. The van der Waals surface area contributed by atoms with Crippen LogP contribution in [0.4, 0.5) is 0 Å². The smallest absolute Gasteiger partial charge is 0.320 e. The topological polar surface area (TPSA) is 72.5 Å². The van der Waals surface area contributed by atoms with E-state index in [2.05, 4.69) is 6.92 Å². The van der Waals surface area contributed by atoms with Crippen LogP contribution in [-0.4, -0.2) is 23.2 Å². The van der Waals surface area contributed by atoms with E-state index in [1.807, 2.05) is 24.3 Å². The Morgan fingerprint density at radius 1 is 1.44 bits per heavy atom. The Bertz CT molecular complexity index is 410. The number of aliphatic carboxylic acids is 1. The normalized spacial score (nSPS) is 24.1. The number of ether oxygens (including phenoxy) is 1. The van der Waals surface area contributed by atoms with Gasteiger partial charge in [-0.3, -0.25) is 4.79 Å². The minimum atomic E-state index is -0.973. The van der Waals surface area contributed by atoms with Gasteiger partial charge < -0.3 is 15.6 Å². The third-order valence-corrected chi connectivity index (χ3v) is 3.33. The highest BCUT2D eigenvalue weighted by atomic mass is 16.5. The molecule has 1 fully saturated rings. The molecule has 0 aliphatic heterocycles. The number of carbonyl (C=O) groups is 1. The molecule has 4 nitrogen and oxygen atoms in total. The number of rotatable bonds is 5. The zero-order valence-electron chi connectivity index (χ0n) is 10.5. The van der Waals surface area contributed by atoms with E-state index in [4.69, 9.17) is 15.6 Å². The molecule has 1 aliphatic rings. The first kappa shape index (κ1) is 12.9. The lowest BCUT2D eigenvalue weighted by Gasteiger charge is -2.32. The number of carboxylic acids is 1. The maximum absolute atomic E-state index is 10.6. The molecule has 1 aromatic rings. The lowest BCUT2D eigenvalue weighted by molar-refractivity contribution is -0.138. The van der Waals surface area contributed by atoms with Crippen molar-refractivity contribution in [2.45, 2.75) is 38.3 Å². The van der Waals surface area contributed by atoms with Crippen LogP contribution in [0.3, 0.4) is 0 Å². The maximum atomic E-state index is 10.6. The summed E-state index contributed by atoms with van der Waals surface area (Å²) in [4.78, 5) is 10.6. The molecular weight excluding hydrogens is 230 g/mol. The van der Waals surface area contributed by atoms with E-state index in [0.29, 0.717) is 12.5 Å². The molecule has 18 heavy (non-hydrogen) atoms. The fourth-order valence-corrected chi connectivity index (χ4v) is 2.16. The lowest BCUT2D eigenvalue weighted by Crippen LogP contribution is -2.32. The third kappa shape index (κ3) is 3.23. The molecule has 0 aromatic heterocycles. The van der Waals surface area contributed by atoms with Gasteiger partial charge in [-0.1, -0.05) is 19.1 Å². The van der Waals surface area contributed by atoms with E-state index in [9.17, 15) is 4.79 Å².